The Balaban J connectivity index is 1.75. The molecule has 3 heteroatoms. The predicted molar refractivity (Wildman–Crippen MR) is 78.8 cm³/mol. The zero-order valence-electron chi connectivity index (χ0n) is 11.2. The number of benzene rings is 2. The van der Waals surface area contributed by atoms with Crippen LogP contribution in [0.25, 0.3) is 0 Å². The summed E-state index contributed by atoms with van der Waals surface area (Å²) in [5.41, 5.74) is 2.14. The summed E-state index contributed by atoms with van der Waals surface area (Å²) < 4.78 is 18.7. The Bertz CT molecular complexity index is 599. The molecule has 3 unspecified atom stereocenters. The molecule has 2 aromatic rings. The minimum absolute atomic E-state index is 0.152. The highest BCUT2D eigenvalue weighted by molar-refractivity contribution is 6.21. The molecule has 0 saturated heterocycles. The third kappa shape index (κ3) is 2.53. The summed E-state index contributed by atoms with van der Waals surface area (Å²) in [4.78, 5) is 0. The summed E-state index contributed by atoms with van der Waals surface area (Å²) in [7, 11) is 1.46. The summed E-state index contributed by atoms with van der Waals surface area (Å²) >= 11 is 6.51. The number of alkyl halides is 1. The number of rotatable bonds is 4. The van der Waals surface area contributed by atoms with Gasteiger partial charge in [-0.2, -0.15) is 0 Å². The van der Waals surface area contributed by atoms with Gasteiger partial charge in [-0.05, 0) is 41.5 Å². The van der Waals surface area contributed by atoms with E-state index in [2.05, 4.69) is 12.1 Å². The van der Waals surface area contributed by atoms with Gasteiger partial charge in [-0.1, -0.05) is 36.4 Å². The molecule has 3 rings (SSSR count). The van der Waals surface area contributed by atoms with Gasteiger partial charge in [0.05, 0.1) is 12.5 Å². The van der Waals surface area contributed by atoms with Crippen molar-refractivity contribution in [3.05, 3.63) is 65.5 Å². The quantitative estimate of drug-likeness (QED) is 0.726. The molecule has 1 aliphatic rings. The summed E-state index contributed by atoms with van der Waals surface area (Å²) in [5.74, 6) is 0.774. The van der Waals surface area contributed by atoms with Crippen molar-refractivity contribution < 1.29 is 9.13 Å². The van der Waals surface area contributed by atoms with Gasteiger partial charge < -0.3 is 4.74 Å². The topological polar surface area (TPSA) is 9.23 Å². The van der Waals surface area contributed by atoms with Crippen molar-refractivity contribution in [2.75, 3.05) is 7.11 Å². The highest BCUT2D eigenvalue weighted by Crippen LogP contribution is 2.56. The summed E-state index contributed by atoms with van der Waals surface area (Å²) in [6.45, 7) is 0. The van der Waals surface area contributed by atoms with E-state index in [-0.39, 0.29) is 16.9 Å². The summed E-state index contributed by atoms with van der Waals surface area (Å²) in [6, 6.07) is 15.3. The van der Waals surface area contributed by atoms with Crippen LogP contribution in [0.1, 0.15) is 28.8 Å². The van der Waals surface area contributed by atoms with Crippen LogP contribution in [0.4, 0.5) is 4.39 Å². The smallest absolute Gasteiger partial charge is 0.165 e. The SMILES string of the molecule is COc1ccc(C(Cl)C2CC2c2ccccc2)cc1F. The maximum Gasteiger partial charge on any atom is 0.165 e. The molecule has 20 heavy (non-hydrogen) atoms. The van der Waals surface area contributed by atoms with Crippen LogP contribution in [-0.4, -0.2) is 7.11 Å². The average molecular weight is 291 g/mol. The Morgan fingerprint density at radius 3 is 2.60 bits per heavy atom. The van der Waals surface area contributed by atoms with Gasteiger partial charge in [0.15, 0.2) is 11.6 Å². The first-order valence-electron chi connectivity index (χ1n) is 6.73. The van der Waals surface area contributed by atoms with Gasteiger partial charge in [-0.3, -0.25) is 0 Å². The predicted octanol–water partition coefficient (Wildman–Crippen LogP) is 4.92. The Kier molecular flexibility index (Phi) is 3.66. The highest BCUT2D eigenvalue weighted by Gasteiger charge is 2.43. The lowest BCUT2D eigenvalue weighted by Crippen LogP contribution is -1.97. The molecule has 0 aromatic heterocycles. The van der Waals surface area contributed by atoms with Gasteiger partial charge in [0.2, 0.25) is 0 Å². The molecule has 0 heterocycles. The number of hydrogen-bond donors (Lipinski definition) is 0. The van der Waals surface area contributed by atoms with Crippen molar-refractivity contribution in [2.45, 2.75) is 17.7 Å². The zero-order chi connectivity index (χ0) is 14.1. The summed E-state index contributed by atoms with van der Waals surface area (Å²) in [5, 5.41) is -0.152. The molecule has 0 N–H and O–H groups in total. The Morgan fingerprint density at radius 1 is 1.20 bits per heavy atom. The molecule has 2 aromatic carbocycles. The first kappa shape index (κ1) is 13.4. The van der Waals surface area contributed by atoms with E-state index >= 15 is 0 Å². The average Bonchev–Trinajstić information content (AvgIpc) is 3.28. The van der Waals surface area contributed by atoms with Gasteiger partial charge in [0, 0.05) is 0 Å². The standard InChI is InChI=1S/C17H16ClFO/c1-20-16-8-7-12(9-15(16)19)17(18)14-10-13(14)11-5-3-2-4-6-11/h2-9,13-14,17H,10H2,1H3. The molecule has 0 spiro atoms. The molecule has 0 aliphatic heterocycles. The largest absolute Gasteiger partial charge is 0.494 e. The van der Waals surface area contributed by atoms with Crippen molar-refractivity contribution in [1.29, 1.82) is 0 Å². The van der Waals surface area contributed by atoms with Gasteiger partial charge in [-0.25, -0.2) is 4.39 Å². The summed E-state index contributed by atoms with van der Waals surface area (Å²) in [6.07, 6.45) is 1.06. The van der Waals surface area contributed by atoms with E-state index in [0.717, 1.165) is 12.0 Å². The van der Waals surface area contributed by atoms with E-state index < -0.39 is 0 Å². The molecule has 0 bridgehead atoms. The van der Waals surface area contributed by atoms with Crippen molar-refractivity contribution in [1.82, 2.24) is 0 Å². The first-order chi connectivity index (χ1) is 9.70. The second kappa shape index (κ2) is 5.45. The lowest BCUT2D eigenvalue weighted by atomic mass is 10.0. The molecular formula is C17H16ClFO. The second-order valence-corrected chi connectivity index (χ2v) is 5.68. The van der Waals surface area contributed by atoms with Crippen LogP contribution in [0.3, 0.4) is 0 Å². The van der Waals surface area contributed by atoms with E-state index in [9.17, 15) is 4.39 Å². The lowest BCUT2D eigenvalue weighted by Gasteiger charge is -2.11. The fraction of sp³-hybridized carbons (Fsp3) is 0.294. The Morgan fingerprint density at radius 2 is 1.95 bits per heavy atom. The molecular weight excluding hydrogens is 275 g/mol. The molecule has 1 aliphatic carbocycles. The van der Waals surface area contributed by atoms with Crippen LogP contribution >= 0.6 is 11.6 Å². The number of ether oxygens (including phenoxy) is 1. The second-order valence-electron chi connectivity index (χ2n) is 5.21. The monoisotopic (exact) mass is 290 g/mol. The number of hydrogen-bond acceptors (Lipinski definition) is 1. The van der Waals surface area contributed by atoms with Crippen LogP contribution in [0.2, 0.25) is 0 Å². The normalized spacial score (nSPS) is 22.4. The van der Waals surface area contributed by atoms with E-state index in [1.807, 2.05) is 24.3 Å². The lowest BCUT2D eigenvalue weighted by molar-refractivity contribution is 0.386. The van der Waals surface area contributed by atoms with E-state index in [1.165, 1.54) is 18.7 Å². The van der Waals surface area contributed by atoms with Crippen molar-refractivity contribution in [3.63, 3.8) is 0 Å². The number of methoxy groups -OCH3 is 1. The maximum absolute atomic E-state index is 13.7. The zero-order valence-corrected chi connectivity index (χ0v) is 12.0. The van der Waals surface area contributed by atoms with Gasteiger partial charge in [0.25, 0.3) is 0 Å². The van der Waals surface area contributed by atoms with E-state index in [4.69, 9.17) is 16.3 Å². The Hall–Kier alpha value is -1.54. The minimum Gasteiger partial charge on any atom is -0.494 e. The number of halogens is 2. The maximum atomic E-state index is 13.7. The van der Waals surface area contributed by atoms with Crippen LogP contribution in [0, 0.1) is 11.7 Å². The fourth-order valence-corrected chi connectivity index (χ4v) is 3.14. The van der Waals surface area contributed by atoms with Gasteiger partial charge >= 0.3 is 0 Å². The van der Waals surface area contributed by atoms with E-state index in [1.54, 1.807) is 6.07 Å². The van der Waals surface area contributed by atoms with Crippen molar-refractivity contribution in [3.8, 4) is 5.75 Å². The first-order valence-corrected chi connectivity index (χ1v) is 7.17. The molecule has 1 fully saturated rings. The molecule has 3 atom stereocenters. The van der Waals surface area contributed by atoms with Crippen LogP contribution in [0.5, 0.6) is 5.75 Å². The molecule has 0 radical (unpaired) electrons. The van der Waals surface area contributed by atoms with Crippen LogP contribution in [0.15, 0.2) is 48.5 Å². The third-order valence-electron chi connectivity index (χ3n) is 3.94. The minimum atomic E-state index is -0.354. The van der Waals surface area contributed by atoms with Crippen molar-refractivity contribution in [2.24, 2.45) is 5.92 Å². The highest BCUT2D eigenvalue weighted by atomic mass is 35.5. The third-order valence-corrected chi connectivity index (χ3v) is 4.51. The van der Waals surface area contributed by atoms with Gasteiger partial charge in [-0.15, -0.1) is 11.6 Å². The molecule has 104 valence electrons. The van der Waals surface area contributed by atoms with Crippen molar-refractivity contribution >= 4 is 11.6 Å². The molecule has 1 nitrogen and oxygen atoms in total. The molecule has 1 saturated carbocycles. The fourth-order valence-electron chi connectivity index (χ4n) is 2.72. The van der Waals surface area contributed by atoms with E-state index in [0.29, 0.717) is 11.8 Å². The van der Waals surface area contributed by atoms with Gasteiger partial charge in [0.1, 0.15) is 0 Å². The van der Waals surface area contributed by atoms with Crippen LogP contribution < -0.4 is 4.74 Å². The Labute approximate surface area is 123 Å². The molecule has 0 amide bonds. The van der Waals surface area contributed by atoms with Crippen LogP contribution in [-0.2, 0) is 0 Å².